The molecule has 3 unspecified atom stereocenters. The first-order chi connectivity index (χ1) is 8.88. The molecule has 0 radical (unpaired) electrons. The minimum atomic E-state index is -3.06. The molecule has 114 valence electrons. The Balaban J connectivity index is 2.41. The van der Waals surface area contributed by atoms with Gasteiger partial charge in [-0.2, -0.15) is 11.8 Å². The summed E-state index contributed by atoms with van der Waals surface area (Å²) in [5.41, 5.74) is 0. The average Bonchev–Trinajstić information content (AvgIpc) is 2.37. The smallest absolute Gasteiger partial charge is 0.211 e. The molecule has 1 aliphatic heterocycles. The summed E-state index contributed by atoms with van der Waals surface area (Å²) in [4.78, 5) is 0. The van der Waals surface area contributed by atoms with Crippen LogP contribution < -0.4 is 5.32 Å². The fraction of sp³-hybridized carbons (Fsp3) is 1.00. The monoisotopic (exact) mass is 310 g/mol. The minimum absolute atomic E-state index is 0.162. The lowest BCUT2D eigenvalue weighted by Crippen LogP contribution is -2.45. The Morgan fingerprint density at radius 2 is 2.21 bits per heavy atom. The molecule has 7 heteroatoms. The van der Waals surface area contributed by atoms with Crippen LogP contribution in [0.2, 0.25) is 0 Å². The van der Waals surface area contributed by atoms with Gasteiger partial charge in [0.1, 0.15) is 0 Å². The number of thioether (sulfide) groups is 1. The molecular formula is C12H26N2O3S2. The SMILES string of the molecule is CSC(CO)C(C)NCC1CCCN(S(C)(=O)=O)C1. The van der Waals surface area contributed by atoms with Crippen molar-refractivity contribution in [2.45, 2.75) is 31.1 Å². The number of rotatable bonds is 7. The Morgan fingerprint density at radius 3 is 2.74 bits per heavy atom. The van der Waals surface area contributed by atoms with E-state index in [4.69, 9.17) is 0 Å². The molecular weight excluding hydrogens is 284 g/mol. The van der Waals surface area contributed by atoms with Crippen LogP contribution in [-0.4, -0.2) is 67.9 Å². The Labute approximate surface area is 121 Å². The van der Waals surface area contributed by atoms with Crippen molar-refractivity contribution in [2.75, 3.05) is 38.8 Å². The zero-order chi connectivity index (χ0) is 14.5. The van der Waals surface area contributed by atoms with E-state index in [1.165, 1.54) is 6.26 Å². The van der Waals surface area contributed by atoms with Gasteiger partial charge in [0.05, 0.1) is 12.9 Å². The molecule has 2 N–H and O–H groups in total. The molecule has 5 nitrogen and oxygen atoms in total. The third-order valence-corrected chi connectivity index (χ3v) is 6.15. The van der Waals surface area contributed by atoms with Gasteiger partial charge < -0.3 is 10.4 Å². The number of hydrogen-bond acceptors (Lipinski definition) is 5. The fourth-order valence-electron chi connectivity index (χ4n) is 2.42. The molecule has 1 aliphatic rings. The number of sulfonamides is 1. The number of nitrogens with zero attached hydrogens (tertiary/aromatic N) is 1. The zero-order valence-electron chi connectivity index (χ0n) is 12.0. The number of hydrogen-bond donors (Lipinski definition) is 2. The molecule has 3 atom stereocenters. The summed E-state index contributed by atoms with van der Waals surface area (Å²) in [7, 11) is -3.06. The second-order valence-corrected chi connectivity index (χ2v) is 8.34. The lowest BCUT2D eigenvalue weighted by Gasteiger charge is -2.32. The topological polar surface area (TPSA) is 69.6 Å². The van der Waals surface area contributed by atoms with Crippen molar-refractivity contribution >= 4 is 21.8 Å². The summed E-state index contributed by atoms with van der Waals surface area (Å²) >= 11 is 1.65. The molecule has 0 spiro atoms. The van der Waals surface area contributed by atoms with Gasteiger partial charge in [0.25, 0.3) is 0 Å². The molecule has 0 aromatic heterocycles. The first kappa shape index (κ1) is 17.2. The van der Waals surface area contributed by atoms with Crippen molar-refractivity contribution in [1.82, 2.24) is 9.62 Å². The third-order valence-electron chi connectivity index (χ3n) is 3.72. The van der Waals surface area contributed by atoms with Crippen molar-refractivity contribution < 1.29 is 13.5 Å². The molecule has 0 aliphatic carbocycles. The zero-order valence-corrected chi connectivity index (χ0v) is 13.6. The van der Waals surface area contributed by atoms with E-state index in [1.807, 2.05) is 6.26 Å². The van der Waals surface area contributed by atoms with Gasteiger partial charge in [-0.05, 0) is 38.5 Å². The van der Waals surface area contributed by atoms with Crippen LogP contribution in [0.5, 0.6) is 0 Å². The van der Waals surface area contributed by atoms with Crippen molar-refractivity contribution in [2.24, 2.45) is 5.92 Å². The van der Waals surface area contributed by atoms with Crippen LogP contribution in [-0.2, 0) is 10.0 Å². The van der Waals surface area contributed by atoms with E-state index in [9.17, 15) is 13.5 Å². The number of aliphatic hydroxyl groups is 1. The highest BCUT2D eigenvalue weighted by Gasteiger charge is 2.26. The molecule has 0 aromatic rings. The lowest BCUT2D eigenvalue weighted by atomic mass is 9.99. The quantitative estimate of drug-likeness (QED) is 0.710. The summed E-state index contributed by atoms with van der Waals surface area (Å²) in [5, 5.41) is 12.8. The number of aliphatic hydroxyl groups excluding tert-OH is 1. The molecule has 1 heterocycles. The highest BCUT2D eigenvalue weighted by Crippen LogP contribution is 2.18. The van der Waals surface area contributed by atoms with Crippen LogP contribution in [0.3, 0.4) is 0 Å². The summed E-state index contributed by atoms with van der Waals surface area (Å²) in [6.07, 6.45) is 5.26. The lowest BCUT2D eigenvalue weighted by molar-refractivity contribution is 0.244. The normalized spacial score (nSPS) is 25.2. The Bertz CT molecular complexity index is 358. The predicted molar refractivity (Wildman–Crippen MR) is 81.0 cm³/mol. The summed E-state index contributed by atoms with van der Waals surface area (Å²) in [6.45, 7) is 4.30. The maximum atomic E-state index is 11.5. The molecule has 19 heavy (non-hydrogen) atoms. The molecule has 0 saturated carbocycles. The van der Waals surface area contributed by atoms with Crippen molar-refractivity contribution in [1.29, 1.82) is 0 Å². The Kier molecular flexibility index (Phi) is 7.10. The molecule has 1 saturated heterocycles. The maximum absolute atomic E-state index is 11.5. The largest absolute Gasteiger partial charge is 0.395 e. The van der Waals surface area contributed by atoms with Gasteiger partial charge in [-0.1, -0.05) is 0 Å². The van der Waals surface area contributed by atoms with E-state index in [-0.39, 0.29) is 17.9 Å². The van der Waals surface area contributed by atoms with Gasteiger partial charge in [0.15, 0.2) is 0 Å². The highest BCUT2D eigenvalue weighted by molar-refractivity contribution is 7.99. The van der Waals surface area contributed by atoms with Crippen LogP contribution in [0.15, 0.2) is 0 Å². The van der Waals surface area contributed by atoms with E-state index in [0.717, 1.165) is 19.4 Å². The molecule has 0 amide bonds. The van der Waals surface area contributed by atoms with Crippen LogP contribution in [0.4, 0.5) is 0 Å². The molecule has 0 aromatic carbocycles. The van der Waals surface area contributed by atoms with Crippen molar-refractivity contribution in [3.63, 3.8) is 0 Å². The first-order valence-electron chi connectivity index (χ1n) is 6.70. The predicted octanol–water partition coefficient (Wildman–Crippen LogP) is 0.360. The van der Waals surface area contributed by atoms with Gasteiger partial charge in [0.2, 0.25) is 10.0 Å². The summed E-state index contributed by atoms with van der Waals surface area (Å²) in [5.74, 6) is 0.368. The van der Waals surface area contributed by atoms with E-state index in [1.54, 1.807) is 16.1 Å². The minimum Gasteiger partial charge on any atom is -0.395 e. The standard InChI is InChI=1S/C12H26N2O3S2/c1-10(12(9-15)18-2)13-7-11-5-4-6-14(8-11)19(3,16)17/h10-13,15H,4-9H2,1-3H3. The van der Waals surface area contributed by atoms with E-state index in [0.29, 0.717) is 19.0 Å². The first-order valence-corrected chi connectivity index (χ1v) is 9.84. The third kappa shape index (κ3) is 5.59. The Hall–Kier alpha value is 0.180. The van der Waals surface area contributed by atoms with Gasteiger partial charge in [-0.3, -0.25) is 0 Å². The number of nitrogens with one attached hydrogen (secondary N) is 1. The van der Waals surface area contributed by atoms with Gasteiger partial charge in [-0.25, -0.2) is 12.7 Å². The van der Waals surface area contributed by atoms with E-state index < -0.39 is 10.0 Å². The fourth-order valence-corrected chi connectivity index (χ4v) is 4.01. The Morgan fingerprint density at radius 1 is 1.53 bits per heavy atom. The maximum Gasteiger partial charge on any atom is 0.211 e. The second-order valence-electron chi connectivity index (χ2n) is 5.28. The van der Waals surface area contributed by atoms with Crippen LogP contribution in [0.1, 0.15) is 19.8 Å². The summed E-state index contributed by atoms with van der Waals surface area (Å²) in [6, 6.07) is 0.230. The van der Waals surface area contributed by atoms with Gasteiger partial charge >= 0.3 is 0 Å². The molecule has 0 bridgehead atoms. The van der Waals surface area contributed by atoms with Gasteiger partial charge in [-0.15, -0.1) is 0 Å². The van der Waals surface area contributed by atoms with E-state index >= 15 is 0 Å². The summed E-state index contributed by atoms with van der Waals surface area (Å²) < 4.78 is 24.7. The van der Waals surface area contributed by atoms with E-state index in [2.05, 4.69) is 12.2 Å². The van der Waals surface area contributed by atoms with Crippen molar-refractivity contribution in [3.05, 3.63) is 0 Å². The van der Waals surface area contributed by atoms with Crippen LogP contribution in [0.25, 0.3) is 0 Å². The second kappa shape index (κ2) is 7.83. The molecule has 1 rings (SSSR count). The van der Waals surface area contributed by atoms with Crippen molar-refractivity contribution in [3.8, 4) is 0 Å². The van der Waals surface area contributed by atoms with Crippen LogP contribution >= 0.6 is 11.8 Å². The van der Waals surface area contributed by atoms with Gasteiger partial charge in [0, 0.05) is 24.4 Å². The highest BCUT2D eigenvalue weighted by atomic mass is 32.2. The average molecular weight is 310 g/mol. The number of piperidine rings is 1. The van der Waals surface area contributed by atoms with Crippen LogP contribution in [0, 0.1) is 5.92 Å². The molecule has 1 fully saturated rings.